The molecular formula is C23H27N3O4. The minimum Gasteiger partial charge on any atom is -0.445 e. The third kappa shape index (κ3) is 9.54. The molecule has 0 saturated carbocycles. The number of ether oxygens (including phenoxy) is 2. The van der Waals surface area contributed by atoms with Crippen molar-refractivity contribution in [2.24, 2.45) is 5.73 Å². The van der Waals surface area contributed by atoms with E-state index in [0.717, 1.165) is 24.0 Å². The zero-order chi connectivity index (χ0) is 21.6. The van der Waals surface area contributed by atoms with Crippen molar-refractivity contribution in [3.63, 3.8) is 0 Å². The smallest absolute Gasteiger partial charge is 0.407 e. The Balaban J connectivity index is 1.53. The summed E-state index contributed by atoms with van der Waals surface area (Å²) in [5.41, 5.74) is 7.06. The van der Waals surface area contributed by atoms with E-state index in [2.05, 4.69) is 5.32 Å². The maximum absolute atomic E-state index is 11.9. The van der Waals surface area contributed by atoms with Crippen LogP contribution in [0.4, 0.5) is 4.79 Å². The van der Waals surface area contributed by atoms with Crippen LogP contribution >= 0.6 is 0 Å². The molecule has 0 bridgehead atoms. The Hall–Kier alpha value is -3.61. The van der Waals surface area contributed by atoms with E-state index in [9.17, 15) is 9.59 Å². The standard InChI is InChI=1S/C23H27N3O4/c24-21(25)15-12-18-10-13-20(14-11-18)30-22(27)9-5-2-6-16-26-23(28)29-17-19-7-3-1-4-8-19/h1,3-4,7-8,10-15H,2,5-6,9,16-17H2,(H3,24,25)(H,26,28). The molecule has 0 unspecified atom stereocenters. The predicted octanol–water partition coefficient (Wildman–Crippen LogP) is 4.03. The summed E-state index contributed by atoms with van der Waals surface area (Å²) in [6.07, 6.45) is 5.29. The second-order valence-corrected chi connectivity index (χ2v) is 6.63. The highest BCUT2D eigenvalue weighted by Crippen LogP contribution is 2.14. The molecule has 4 N–H and O–H groups in total. The average Bonchev–Trinajstić information content (AvgIpc) is 2.75. The molecule has 0 radical (unpaired) electrons. The Morgan fingerprint density at radius 2 is 1.73 bits per heavy atom. The number of nitrogens with two attached hydrogens (primary N) is 1. The van der Waals surface area contributed by atoms with Crippen LogP contribution in [0.1, 0.15) is 36.8 Å². The molecule has 2 rings (SSSR count). The van der Waals surface area contributed by atoms with Crippen LogP contribution in [0, 0.1) is 5.41 Å². The van der Waals surface area contributed by atoms with Crippen LogP contribution in [0.5, 0.6) is 5.75 Å². The zero-order valence-corrected chi connectivity index (χ0v) is 16.8. The number of carbonyl (C=O) groups is 2. The molecule has 0 aliphatic carbocycles. The average molecular weight is 409 g/mol. The van der Waals surface area contributed by atoms with Crippen LogP contribution in [0.25, 0.3) is 6.08 Å². The minimum atomic E-state index is -0.445. The van der Waals surface area contributed by atoms with Crippen molar-refractivity contribution in [1.29, 1.82) is 5.41 Å². The van der Waals surface area contributed by atoms with Gasteiger partial charge in [-0.2, -0.15) is 0 Å². The first kappa shape index (κ1) is 22.7. The van der Waals surface area contributed by atoms with Gasteiger partial charge in [-0.25, -0.2) is 4.79 Å². The molecule has 158 valence electrons. The lowest BCUT2D eigenvalue weighted by Gasteiger charge is -2.07. The number of amidine groups is 1. The second-order valence-electron chi connectivity index (χ2n) is 6.63. The lowest BCUT2D eigenvalue weighted by Crippen LogP contribution is -2.25. The summed E-state index contributed by atoms with van der Waals surface area (Å²) < 4.78 is 10.4. The summed E-state index contributed by atoms with van der Waals surface area (Å²) in [6.45, 7) is 0.740. The molecule has 0 atom stereocenters. The van der Waals surface area contributed by atoms with Gasteiger partial charge in [0.25, 0.3) is 0 Å². The first-order valence-electron chi connectivity index (χ1n) is 9.80. The first-order chi connectivity index (χ1) is 14.5. The van der Waals surface area contributed by atoms with Gasteiger partial charge in [-0.05, 0) is 42.2 Å². The number of unbranched alkanes of at least 4 members (excludes halogenated alkanes) is 2. The number of benzene rings is 2. The fourth-order valence-electron chi connectivity index (χ4n) is 2.55. The topological polar surface area (TPSA) is 115 Å². The van der Waals surface area contributed by atoms with E-state index < -0.39 is 6.09 Å². The highest BCUT2D eigenvalue weighted by atomic mass is 16.5. The highest BCUT2D eigenvalue weighted by molar-refractivity contribution is 5.92. The van der Waals surface area contributed by atoms with Gasteiger partial charge in [0.2, 0.25) is 0 Å². The van der Waals surface area contributed by atoms with Crippen molar-refractivity contribution < 1.29 is 19.1 Å². The van der Waals surface area contributed by atoms with Crippen molar-refractivity contribution in [2.75, 3.05) is 6.54 Å². The zero-order valence-electron chi connectivity index (χ0n) is 16.8. The number of rotatable bonds is 11. The summed E-state index contributed by atoms with van der Waals surface area (Å²) in [6, 6.07) is 16.4. The van der Waals surface area contributed by atoms with Gasteiger partial charge in [-0.3, -0.25) is 10.2 Å². The molecule has 0 spiro atoms. The fraction of sp³-hybridized carbons (Fsp3) is 0.261. The molecule has 7 heteroatoms. The Morgan fingerprint density at radius 1 is 1.00 bits per heavy atom. The van der Waals surface area contributed by atoms with Crippen molar-refractivity contribution in [1.82, 2.24) is 5.32 Å². The third-order valence-electron chi connectivity index (χ3n) is 4.11. The molecule has 7 nitrogen and oxygen atoms in total. The van der Waals surface area contributed by atoms with Crippen LogP contribution in [-0.4, -0.2) is 24.4 Å². The number of hydrogen-bond donors (Lipinski definition) is 3. The fourth-order valence-corrected chi connectivity index (χ4v) is 2.55. The van der Waals surface area contributed by atoms with Gasteiger partial charge in [0.15, 0.2) is 0 Å². The van der Waals surface area contributed by atoms with E-state index in [1.807, 2.05) is 30.3 Å². The first-order valence-corrected chi connectivity index (χ1v) is 9.80. The van der Waals surface area contributed by atoms with Crippen molar-refractivity contribution in [3.8, 4) is 5.75 Å². The molecule has 0 fully saturated rings. The normalized spacial score (nSPS) is 10.5. The van der Waals surface area contributed by atoms with Crippen molar-refractivity contribution in [2.45, 2.75) is 32.3 Å². The molecule has 0 saturated heterocycles. The molecule has 0 aliphatic rings. The maximum atomic E-state index is 11.9. The Bertz CT molecular complexity index is 849. The van der Waals surface area contributed by atoms with Crippen molar-refractivity contribution >= 4 is 24.0 Å². The van der Waals surface area contributed by atoms with Gasteiger partial charge in [0.05, 0.1) is 0 Å². The molecular weight excluding hydrogens is 382 g/mol. The Kier molecular flexibility index (Phi) is 9.65. The third-order valence-corrected chi connectivity index (χ3v) is 4.11. The second kappa shape index (κ2) is 12.8. The number of hydrogen-bond acceptors (Lipinski definition) is 5. The highest BCUT2D eigenvalue weighted by Gasteiger charge is 2.05. The molecule has 0 aliphatic heterocycles. The summed E-state index contributed by atoms with van der Waals surface area (Å²) in [7, 11) is 0. The largest absolute Gasteiger partial charge is 0.445 e. The van der Waals surface area contributed by atoms with E-state index >= 15 is 0 Å². The summed E-state index contributed by atoms with van der Waals surface area (Å²) >= 11 is 0. The Morgan fingerprint density at radius 3 is 2.43 bits per heavy atom. The van der Waals surface area contributed by atoms with E-state index in [0.29, 0.717) is 25.1 Å². The molecule has 30 heavy (non-hydrogen) atoms. The van der Waals surface area contributed by atoms with E-state index in [4.69, 9.17) is 20.6 Å². The minimum absolute atomic E-state index is 0.0234. The van der Waals surface area contributed by atoms with Crippen LogP contribution in [-0.2, 0) is 16.1 Å². The SMILES string of the molecule is N=C(N)C=Cc1ccc(OC(=O)CCCCCNC(=O)OCc2ccccc2)cc1. The molecule has 2 aromatic carbocycles. The molecule has 2 aromatic rings. The monoisotopic (exact) mass is 409 g/mol. The number of nitrogens with one attached hydrogen (secondary N) is 2. The van der Waals surface area contributed by atoms with E-state index in [-0.39, 0.29) is 18.4 Å². The van der Waals surface area contributed by atoms with Gasteiger partial charge in [0.1, 0.15) is 18.2 Å². The Labute approximate surface area is 176 Å². The van der Waals surface area contributed by atoms with E-state index in [1.54, 1.807) is 30.3 Å². The van der Waals surface area contributed by atoms with Crippen LogP contribution in [0.3, 0.4) is 0 Å². The van der Waals surface area contributed by atoms with Crippen LogP contribution in [0.15, 0.2) is 60.7 Å². The number of alkyl carbamates (subject to hydrolysis) is 1. The summed E-state index contributed by atoms with van der Waals surface area (Å²) in [4.78, 5) is 23.5. The quantitative estimate of drug-likeness (QED) is 0.170. The van der Waals surface area contributed by atoms with Crippen molar-refractivity contribution in [3.05, 3.63) is 71.8 Å². The summed E-state index contributed by atoms with van der Waals surface area (Å²) in [5, 5.41) is 9.85. The van der Waals surface area contributed by atoms with Gasteiger partial charge in [-0.1, -0.05) is 55.0 Å². The van der Waals surface area contributed by atoms with Gasteiger partial charge in [0, 0.05) is 13.0 Å². The molecule has 0 aromatic heterocycles. The summed E-state index contributed by atoms with van der Waals surface area (Å²) in [5.74, 6) is 0.157. The number of carbonyl (C=O) groups excluding carboxylic acids is 2. The van der Waals surface area contributed by atoms with Crippen LogP contribution < -0.4 is 15.8 Å². The maximum Gasteiger partial charge on any atom is 0.407 e. The number of amides is 1. The van der Waals surface area contributed by atoms with Gasteiger partial charge < -0.3 is 20.5 Å². The van der Waals surface area contributed by atoms with Gasteiger partial charge in [-0.15, -0.1) is 0 Å². The molecule has 0 heterocycles. The molecule has 1 amide bonds. The van der Waals surface area contributed by atoms with E-state index in [1.165, 1.54) is 6.08 Å². The van der Waals surface area contributed by atoms with Crippen LogP contribution in [0.2, 0.25) is 0 Å². The lowest BCUT2D eigenvalue weighted by atomic mass is 10.2. The number of esters is 1. The predicted molar refractivity (Wildman–Crippen MR) is 116 cm³/mol. The lowest BCUT2D eigenvalue weighted by molar-refractivity contribution is -0.134. The van der Waals surface area contributed by atoms with Gasteiger partial charge >= 0.3 is 12.1 Å².